The molecule has 1 aliphatic rings. The summed E-state index contributed by atoms with van der Waals surface area (Å²) in [6.07, 6.45) is 4.79. The van der Waals surface area contributed by atoms with Gasteiger partial charge in [0.2, 0.25) is 0 Å². The zero-order valence-electron chi connectivity index (χ0n) is 12.0. The summed E-state index contributed by atoms with van der Waals surface area (Å²) in [5, 5.41) is 0. The summed E-state index contributed by atoms with van der Waals surface area (Å²) in [5.74, 6) is 0.653. The molecule has 19 heavy (non-hydrogen) atoms. The van der Waals surface area contributed by atoms with Crippen molar-refractivity contribution in [1.29, 1.82) is 0 Å². The maximum Gasteiger partial charge on any atom is 0.146 e. The maximum absolute atomic E-state index is 14.2. The van der Waals surface area contributed by atoms with E-state index >= 15 is 0 Å². The fourth-order valence-electron chi connectivity index (χ4n) is 3.03. The van der Waals surface area contributed by atoms with E-state index in [9.17, 15) is 4.39 Å². The number of benzene rings is 1. The van der Waals surface area contributed by atoms with Crippen LogP contribution in [-0.4, -0.2) is 13.1 Å². The van der Waals surface area contributed by atoms with Gasteiger partial charge in [-0.1, -0.05) is 25.5 Å². The van der Waals surface area contributed by atoms with Crippen molar-refractivity contribution in [2.75, 3.05) is 18.0 Å². The second-order valence-electron chi connectivity index (χ2n) is 5.66. The lowest BCUT2D eigenvalue weighted by Gasteiger charge is -2.27. The molecule has 0 aliphatic carbocycles. The Balaban J connectivity index is 2.25. The van der Waals surface area contributed by atoms with Crippen LogP contribution < -0.4 is 10.6 Å². The highest BCUT2D eigenvalue weighted by Crippen LogP contribution is 2.31. The minimum Gasteiger partial charge on any atom is -0.369 e. The third-order valence-electron chi connectivity index (χ3n) is 4.25. The van der Waals surface area contributed by atoms with Crippen molar-refractivity contribution in [2.45, 2.75) is 45.6 Å². The number of anilines is 1. The number of nitrogens with zero attached hydrogens (tertiary/aromatic N) is 1. The van der Waals surface area contributed by atoms with Crippen LogP contribution in [-0.2, 0) is 0 Å². The van der Waals surface area contributed by atoms with E-state index < -0.39 is 0 Å². The topological polar surface area (TPSA) is 29.3 Å². The number of rotatable bonds is 3. The van der Waals surface area contributed by atoms with Gasteiger partial charge in [-0.25, -0.2) is 4.39 Å². The van der Waals surface area contributed by atoms with Gasteiger partial charge in [-0.05, 0) is 43.7 Å². The second-order valence-corrected chi connectivity index (χ2v) is 5.66. The average molecular weight is 264 g/mol. The first-order chi connectivity index (χ1) is 9.13. The van der Waals surface area contributed by atoms with E-state index in [0.29, 0.717) is 0 Å². The number of para-hydroxylation sites is 1. The van der Waals surface area contributed by atoms with Gasteiger partial charge in [-0.3, -0.25) is 0 Å². The first-order valence-electron chi connectivity index (χ1n) is 7.42. The van der Waals surface area contributed by atoms with Crippen molar-refractivity contribution in [3.63, 3.8) is 0 Å². The monoisotopic (exact) mass is 264 g/mol. The fraction of sp³-hybridized carbons (Fsp3) is 0.625. The lowest BCUT2D eigenvalue weighted by Crippen LogP contribution is -2.27. The van der Waals surface area contributed by atoms with Crippen LogP contribution in [0.5, 0.6) is 0 Å². The summed E-state index contributed by atoms with van der Waals surface area (Å²) in [6, 6.07) is 5.12. The van der Waals surface area contributed by atoms with Crippen LogP contribution in [0.2, 0.25) is 0 Å². The minimum absolute atomic E-state index is 0.129. The minimum atomic E-state index is -0.134. The van der Waals surface area contributed by atoms with Crippen LogP contribution in [0.25, 0.3) is 0 Å². The molecule has 0 saturated carbocycles. The molecular weight excluding hydrogens is 239 g/mol. The fourth-order valence-corrected chi connectivity index (χ4v) is 3.03. The summed E-state index contributed by atoms with van der Waals surface area (Å²) in [4.78, 5) is 2.20. The van der Waals surface area contributed by atoms with Crippen LogP contribution in [0.4, 0.5) is 10.1 Å². The first-order valence-corrected chi connectivity index (χ1v) is 7.42. The molecule has 1 unspecified atom stereocenters. The Morgan fingerprint density at radius 3 is 2.84 bits per heavy atom. The van der Waals surface area contributed by atoms with Crippen molar-refractivity contribution < 1.29 is 4.39 Å². The average Bonchev–Trinajstić information content (AvgIpc) is 2.63. The number of hydrogen-bond donors (Lipinski definition) is 1. The van der Waals surface area contributed by atoms with Gasteiger partial charge in [0.05, 0.1) is 5.69 Å². The molecule has 1 saturated heterocycles. The van der Waals surface area contributed by atoms with E-state index in [1.54, 1.807) is 12.1 Å². The van der Waals surface area contributed by atoms with Crippen LogP contribution in [0.1, 0.15) is 51.1 Å². The maximum atomic E-state index is 14.2. The molecule has 2 N–H and O–H groups in total. The van der Waals surface area contributed by atoms with Crippen LogP contribution >= 0.6 is 0 Å². The molecule has 1 aromatic rings. The Morgan fingerprint density at radius 1 is 1.37 bits per heavy atom. The zero-order valence-corrected chi connectivity index (χ0v) is 12.0. The predicted molar refractivity (Wildman–Crippen MR) is 78.8 cm³/mol. The van der Waals surface area contributed by atoms with Gasteiger partial charge in [0.1, 0.15) is 5.82 Å². The van der Waals surface area contributed by atoms with E-state index in [1.165, 1.54) is 12.8 Å². The Morgan fingerprint density at radius 2 is 2.16 bits per heavy atom. The Hall–Kier alpha value is -1.09. The molecule has 1 aromatic carbocycles. The Kier molecular flexibility index (Phi) is 4.81. The zero-order chi connectivity index (χ0) is 13.8. The van der Waals surface area contributed by atoms with Crippen LogP contribution in [0.15, 0.2) is 18.2 Å². The molecular formula is C16H25FN2. The molecule has 3 heteroatoms. The molecule has 2 nitrogen and oxygen atoms in total. The lowest BCUT2D eigenvalue weighted by atomic mass is 9.98. The number of nitrogens with two attached hydrogens (primary N) is 1. The van der Waals surface area contributed by atoms with Crippen molar-refractivity contribution >= 4 is 5.69 Å². The lowest BCUT2D eigenvalue weighted by molar-refractivity contribution is 0.459. The third kappa shape index (κ3) is 3.27. The SMILES string of the molecule is CCC1CCCN(c2c(F)cccc2[C@@H](C)N)CC1. The van der Waals surface area contributed by atoms with Crippen molar-refractivity contribution in [3.05, 3.63) is 29.6 Å². The quantitative estimate of drug-likeness (QED) is 0.898. The summed E-state index contributed by atoms with van der Waals surface area (Å²) in [6.45, 7) is 6.05. The molecule has 0 spiro atoms. The summed E-state index contributed by atoms with van der Waals surface area (Å²) in [7, 11) is 0. The largest absolute Gasteiger partial charge is 0.369 e. The highest BCUT2D eigenvalue weighted by Gasteiger charge is 2.21. The molecule has 0 amide bonds. The van der Waals surface area contributed by atoms with E-state index in [1.807, 2.05) is 13.0 Å². The van der Waals surface area contributed by atoms with E-state index in [0.717, 1.165) is 43.1 Å². The summed E-state index contributed by atoms with van der Waals surface area (Å²) >= 11 is 0. The highest BCUT2D eigenvalue weighted by molar-refractivity contribution is 5.56. The van der Waals surface area contributed by atoms with Gasteiger partial charge in [-0.2, -0.15) is 0 Å². The standard InChI is InChI=1S/C16H25FN2/c1-3-13-6-5-10-19(11-9-13)16-14(12(2)18)7-4-8-15(16)17/h4,7-8,12-13H,3,5-6,9-11,18H2,1-2H3/t12-,13?/m1/s1. The molecule has 106 valence electrons. The van der Waals surface area contributed by atoms with E-state index in [2.05, 4.69) is 11.8 Å². The third-order valence-corrected chi connectivity index (χ3v) is 4.25. The molecule has 1 heterocycles. The molecule has 0 bridgehead atoms. The summed E-state index contributed by atoms with van der Waals surface area (Å²) < 4.78 is 14.2. The highest BCUT2D eigenvalue weighted by atomic mass is 19.1. The van der Waals surface area contributed by atoms with Crippen molar-refractivity contribution in [2.24, 2.45) is 11.7 Å². The van der Waals surface area contributed by atoms with Gasteiger partial charge in [0, 0.05) is 19.1 Å². The normalized spacial score (nSPS) is 22.1. The first kappa shape index (κ1) is 14.3. The molecule has 0 radical (unpaired) electrons. The van der Waals surface area contributed by atoms with E-state index in [-0.39, 0.29) is 11.9 Å². The van der Waals surface area contributed by atoms with Gasteiger partial charge >= 0.3 is 0 Å². The van der Waals surface area contributed by atoms with Crippen LogP contribution in [0, 0.1) is 11.7 Å². The molecule has 1 fully saturated rings. The Labute approximate surface area is 115 Å². The second kappa shape index (κ2) is 6.38. The predicted octanol–water partition coefficient (Wildman–Crippen LogP) is 3.86. The van der Waals surface area contributed by atoms with Crippen molar-refractivity contribution in [1.82, 2.24) is 0 Å². The molecule has 1 aliphatic heterocycles. The van der Waals surface area contributed by atoms with Gasteiger partial charge in [-0.15, -0.1) is 0 Å². The Bertz CT molecular complexity index is 417. The van der Waals surface area contributed by atoms with Gasteiger partial charge < -0.3 is 10.6 Å². The van der Waals surface area contributed by atoms with Gasteiger partial charge in [0.15, 0.2) is 0 Å². The van der Waals surface area contributed by atoms with Gasteiger partial charge in [0.25, 0.3) is 0 Å². The van der Waals surface area contributed by atoms with Crippen molar-refractivity contribution in [3.8, 4) is 0 Å². The number of hydrogen-bond acceptors (Lipinski definition) is 2. The van der Waals surface area contributed by atoms with E-state index in [4.69, 9.17) is 5.73 Å². The molecule has 0 aromatic heterocycles. The summed E-state index contributed by atoms with van der Waals surface area (Å²) in [5.41, 5.74) is 7.65. The molecule has 2 atom stereocenters. The van der Waals surface area contributed by atoms with Crippen LogP contribution in [0.3, 0.4) is 0 Å². The smallest absolute Gasteiger partial charge is 0.146 e. The number of halogens is 1. The molecule has 2 rings (SSSR count).